The summed E-state index contributed by atoms with van der Waals surface area (Å²) in [7, 11) is 1.61. The Labute approximate surface area is 102 Å². The molecule has 17 heavy (non-hydrogen) atoms. The van der Waals surface area contributed by atoms with E-state index in [2.05, 4.69) is 11.9 Å². The molecule has 92 valence electrons. The van der Waals surface area contributed by atoms with Crippen molar-refractivity contribution in [2.75, 3.05) is 25.5 Å². The molecular weight excluding hydrogens is 216 g/mol. The van der Waals surface area contributed by atoms with Gasteiger partial charge in [0.05, 0.1) is 7.11 Å². The van der Waals surface area contributed by atoms with E-state index in [9.17, 15) is 4.79 Å². The van der Waals surface area contributed by atoms with E-state index >= 15 is 0 Å². The molecular formula is C13H18N2O2. The number of methoxy groups -OCH3 is 1. The van der Waals surface area contributed by atoms with Crippen molar-refractivity contribution < 1.29 is 9.53 Å². The highest BCUT2D eigenvalue weighted by Crippen LogP contribution is 2.15. The highest BCUT2D eigenvalue weighted by atomic mass is 16.5. The lowest BCUT2D eigenvalue weighted by molar-refractivity contribution is 0.219. The summed E-state index contributed by atoms with van der Waals surface area (Å²) in [5.74, 6) is 0.765. The summed E-state index contributed by atoms with van der Waals surface area (Å²) < 4.78 is 5.04. The molecule has 0 aliphatic carbocycles. The van der Waals surface area contributed by atoms with Crippen LogP contribution in [0.25, 0.3) is 0 Å². The number of anilines is 1. The smallest absolute Gasteiger partial charge is 0.322 e. The molecule has 0 saturated heterocycles. The second kappa shape index (κ2) is 6.58. The van der Waals surface area contributed by atoms with E-state index in [4.69, 9.17) is 4.74 Å². The van der Waals surface area contributed by atoms with Crippen LogP contribution in [0.1, 0.15) is 6.92 Å². The molecule has 4 heteroatoms. The van der Waals surface area contributed by atoms with E-state index in [0.717, 1.165) is 11.4 Å². The lowest BCUT2D eigenvalue weighted by Gasteiger charge is -2.19. The molecule has 4 nitrogen and oxygen atoms in total. The van der Waals surface area contributed by atoms with E-state index < -0.39 is 0 Å². The summed E-state index contributed by atoms with van der Waals surface area (Å²) >= 11 is 0. The molecule has 1 aromatic rings. The van der Waals surface area contributed by atoms with Crippen molar-refractivity contribution in [3.05, 3.63) is 36.9 Å². The number of ether oxygens (including phenoxy) is 1. The fourth-order valence-corrected chi connectivity index (χ4v) is 1.39. The van der Waals surface area contributed by atoms with Gasteiger partial charge in [-0.05, 0) is 31.2 Å². The summed E-state index contributed by atoms with van der Waals surface area (Å²) in [6.07, 6.45) is 1.71. The zero-order chi connectivity index (χ0) is 12.7. The van der Waals surface area contributed by atoms with Crippen LogP contribution < -0.4 is 10.1 Å². The third-order valence-corrected chi connectivity index (χ3v) is 2.36. The molecule has 0 bridgehead atoms. The Morgan fingerprint density at radius 1 is 1.47 bits per heavy atom. The molecule has 1 aromatic carbocycles. The Balaban J connectivity index is 2.62. The first-order valence-corrected chi connectivity index (χ1v) is 5.52. The van der Waals surface area contributed by atoms with E-state index in [1.165, 1.54) is 0 Å². The molecule has 0 heterocycles. The maximum Gasteiger partial charge on any atom is 0.322 e. The molecule has 2 amide bonds. The second-order valence-corrected chi connectivity index (χ2v) is 3.49. The second-order valence-electron chi connectivity index (χ2n) is 3.49. The number of urea groups is 1. The third kappa shape index (κ3) is 3.83. The number of hydrogen-bond acceptors (Lipinski definition) is 2. The van der Waals surface area contributed by atoms with Crippen molar-refractivity contribution in [3.8, 4) is 5.75 Å². The molecule has 0 radical (unpaired) electrons. The first kappa shape index (κ1) is 13.1. The van der Waals surface area contributed by atoms with Crippen molar-refractivity contribution in [1.82, 2.24) is 4.90 Å². The summed E-state index contributed by atoms with van der Waals surface area (Å²) in [5.41, 5.74) is 0.748. The minimum absolute atomic E-state index is 0.127. The highest BCUT2D eigenvalue weighted by Gasteiger charge is 2.09. The van der Waals surface area contributed by atoms with Crippen LogP contribution in [0.3, 0.4) is 0 Å². The van der Waals surface area contributed by atoms with Crippen molar-refractivity contribution in [3.63, 3.8) is 0 Å². The molecule has 0 spiro atoms. The van der Waals surface area contributed by atoms with Crippen LogP contribution in [-0.2, 0) is 0 Å². The van der Waals surface area contributed by atoms with Gasteiger partial charge in [-0.2, -0.15) is 0 Å². The zero-order valence-corrected chi connectivity index (χ0v) is 10.3. The quantitative estimate of drug-likeness (QED) is 0.796. The van der Waals surface area contributed by atoms with Gasteiger partial charge in [-0.1, -0.05) is 6.08 Å². The van der Waals surface area contributed by atoms with Crippen molar-refractivity contribution in [2.24, 2.45) is 0 Å². The largest absolute Gasteiger partial charge is 0.497 e. The molecule has 0 unspecified atom stereocenters. The first-order valence-electron chi connectivity index (χ1n) is 5.52. The lowest BCUT2D eigenvalue weighted by atomic mass is 10.3. The van der Waals surface area contributed by atoms with Crippen LogP contribution in [0.4, 0.5) is 10.5 Å². The number of carbonyl (C=O) groups is 1. The van der Waals surface area contributed by atoms with Gasteiger partial charge in [-0.15, -0.1) is 6.58 Å². The normalized spacial score (nSPS) is 9.53. The number of carbonyl (C=O) groups excluding carboxylic acids is 1. The molecule has 0 fully saturated rings. The average molecular weight is 234 g/mol. The number of nitrogens with zero attached hydrogens (tertiary/aromatic N) is 1. The van der Waals surface area contributed by atoms with Crippen LogP contribution in [0, 0.1) is 0 Å². The van der Waals surface area contributed by atoms with E-state index in [0.29, 0.717) is 13.1 Å². The van der Waals surface area contributed by atoms with Gasteiger partial charge in [0.1, 0.15) is 5.75 Å². The van der Waals surface area contributed by atoms with Gasteiger partial charge in [-0.3, -0.25) is 0 Å². The Hall–Kier alpha value is -1.97. The number of rotatable bonds is 5. The van der Waals surface area contributed by atoms with Crippen LogP contribution in [0.15, 0.2) is 36.9 Å². The fourth-order valence-electron chi connectivity index (χ4n) is 1.39. The average Bonchev–Trinajstić information content (AvgIpc) is 2.36. The SMILES string of the molecule is C=CCN(CC)C(=O)Nc1ccc(OC)cc1. The highest BCUT2D eigenvalue weighted by molar-refractivity contribution is 5.89. The number of likely N-dealkylation sites (N-methyl/N-ethyl adjacent to an activating group) is 1. The van der Waals surface area contributed by atoms with Crippen LogP contribution in [-0.4, -0.2) is 31.1 Å². The van der Waals surface area contributed by atoms with Crippen molar-refractivity contribution in [2.45, 2.75) is 6.92 Å². The molecule has 0 aliphatic heterocycles. The van der Waals surface area contributed by atoms with Crippen LogP contribution >= 0.6 is 0 Å². The zero-order valence-electron chi connectivity index (χ0n) is 10.3. The Kier molecular flexibility index (Phi) is 5.07. The maximum absolute atomic E-state index is 11.8. The summed E-state index contributed by atoms with van der Waals surface area (Å²) in [6.45, 7) is 6.74. The summed E-state index contributed by atoms with van der Waals surface area (Å²) in [5, 5.41) is 2.81. The van der Waals surface area contributed by atoms with E-state index in [-0.39, 0.29) is 6.03 Å². The van der Waals surface area contributed by atoms with Crippen LogP contribution in [0.5, 0.6) is 5.75 Å². The number of amides is 2. The van der Waals surface area contributed by atoms with Gasteiger partial charge >= 0.3 is 6.03 Å². The van der Waals surface area contributed by atoms with Gasteiger partial charge in [0.2, 0.25) is 0 Å². The lowest BCUT2D eigenvalue weighted by Crippen LogP contribution is -2.34. The minimum Gasteiger partial charge on any atom is -0.497 e. The minimum atomic E-state index is -0.127. The number of hydrogen-bond donors (Lipinski definition) is 1. The monoisotopic (exact) mass is 234 g/mol. The molecule has 0 aliphatic rings. The predicted molar refractivity (Wildman–Crippen MR) is 69.5 cm³/mol. The Morgan fingerprint density at radius 2 is 2.12 bits per heavy atom. The summed E-state index contributed by atoms with van der Waals surface area (Å²) in [6, 6.07) is 7.09. The molecule has 1 rings (SSSR count). The van der Waals surface area contributed by atoms with E-state index in [1.54, 1.807) is 42.4 Å². The predicted octanol–water partition coefficient (Wildman–Crippen LogP) is 2.74. The summed E-state index contributed by atoms with van der Waals surface area (Å²) in [4.78, 5) is 13.5. The van der Waals surface area contributed by atoms with Crippen molar-refractivity contribution in [1.29, 1.82) is 0 Å². The third-order valence-electron chi connectivity index (χ3n) is 2.36. The Morgan fingerprint density at radius 3 is 2.59 bits per heavy atom. The number of nitrogens with one attached hydrogen (secondary N) is 1. The van der Waals surface area contributed by atoms with Gasteiger partial charge < -0.3 is 15.0 Å². The standard InChI is InChI=1S/C13H18N2O2/c1-4-10-15(5-2)13(16)14-11-6-8-12(17-3)9-7-11/h4,6-9H,1,5,10H2,2-3H3,(H,14,16). The number of benzene rings is 1. The first-order chi connectivity index (χ1) is 8.21. The maximum atomic E-state index is 11.8. The molecule has 0 atom stereocenters. The Bertz CT molecular complexity index is 374. The van der Waals surface area contributed by atoms with E-state index in [1.807, 2.05) is 6.92 Å². The molecule has 0 aromatic heterocycles. The van der Waals surface area contributed by atoms with Gasteiger partial charge in [-0.25, -0.2) is 4.79 Å². The van der Waals surface area contributed by atoms with Crippen LogP contribution in [0.2, 0.25) is 0 Å². The molecule has 1 N–H and O–H groups in total. The van der Waals surface area contributed by atoms with Gasteiger partial charge in [0.25, 0.3) is 0 Å². The van der Waals surface area contributed by atoms with Crippen molar-refractivity contribution >= 4 is 11.7 Å². The molecule has 0 saturated carbocycles. The fraction of sp³-hybridized carbons (Fsp3) is 0.308. The van der Waals surface area contributed by atoms with Gasteiger partial charge in [0, 0.05) is 18.8 Å². The topological polar surface area (TPSA) is 41.6 Å². The van der Waals surface area contributed by atoms with Gasteiger partial charge in [0.15, 0.2) is 0 Å².